The number of phenolic OH excluding ortho intramolecular Hbond substituents is 1. The molecule has 0 aliphatic carbocycles. The average molecular weight is 185 g/mol. The van der Waals surface area contributed by atoms with Crippen LogP contribution in [-0.4, -0.2) is 5.11 Å². The molecule has 2 aromatic carbocycles. The summed E-state index contributed by atoms with van der Waals surface area (Å²) in [4.78, 5) is 0. The summed E-state index contributed by atoms with van der Waals surface area (Å²) in [5.74, 6) is 0.225. The molecule has 2 heteroatoms. The zero-order valence-electron chi connectivity index (χ0n) is 7.47. The van der Waals surface area contributed by atoms with Crippen molar-refractivity contribution in [1.82, 2.24) is 0 Å². The molecule has 69 valence electrons. The maximum Gasteiger partial charge on any atom is 0.179 e. The number of rotatable bonds is 1. The van der Waals surface area contributed by atoms with Crippen LogP contribution < -0.4 is 0 Å². The predicted octanol–water partition coefficient (Wildman–Crippen LogP) is 3.20. The lowest BCUT2D eigenvalue weighted by molar-refractivity contribution is 0.355. The van der Waals surface area contributed by atoms with Gasteiger partial charge >= 0.3 is 0 Å². The van der Waals surface area contributed by atoms with E-state index in [4.69, 9.17) is 5.11 Å². The molecular weight excluding hydrogens is 176 g/mol. The molecule has 1 radical (unpaired) electrons. The smallest absolute Gasteiger partial charge is 0.179 e. The average Bonchev–Trinajstić information content (AvgIpc) is 2.19. The fourth-order valence-electron chi connectivity index (χ4n) is 1.33. The molecule has 0 bridgehead atoms. The highest BCUT2D eigenvalue weighted by molar-refractivity contribution is 5.65. The SMILES string of the molecule is [O]c1cccc(-c2ccc(O)cc2)c1. The van der Waals surface area contributed by atoms with Crippen LogP contribution in [-0.2, 0) is 5.11 Å². The molecule has 0 unspecified atom stereocenters. The van der Waals surface area contributed by atoms with E-state index >= 15 is 0 Å². The van der Waals surface area contributed by atoms with Crippen molar-refractivity contribution in [3.8, 4) is 22.6 Å². The Morgan fingerprint density at radius 1 is 0.857 bits per heavy atom. The molecule has 0 aliphatic rings. The molecule has 0 heterocycles. The summed E-state index contributed by atoms with van der Waals surface area (Å²) in [5, 5.41) is 20.2. The topological polar surface area (TPSA) is 40.1 Å². The lowest BCUT2D eigenvalue weighted by atomic mass is 10.1. The molecular formula is C12H9O2. The highest BCUT2D eigenvalue weighted by Gasteiger charge is 1.98. The van der Waals surface area contributed by atoms with Gasteiger partial charge in [-0.2, -0.15) is 0 Å². The molecule has 0 aliphatic heterocycles. The Labute approximate surface area is 82.1 Å². The van der Waals surface area contributed by atoms with Gasteiger partial charge in [0.25, 0.3) is 0 Å². The largest absolute Gasteiger partial charge is 0.508 e. The molecule has 14 heavy (non-hydrogen) atoms. The minimum Gasteiger partial charge on any atom is -0.508 e. The van der Waals surface area contributed by atoms with Crippen LogP contribution >= 0.6 is 0 Å². The van der Waals surface area contributed by atoms with Crippen LogP contribution in [0.5, 0.6) is 11.5 Å². The second-order valence-corrected chi connectivity index (χ2v) is 3.07. The van der Waals surface area contributed by atoms with Gasteiger partial charge in [-0.05, 0) is 35.4 Å². The van der Waals surface area contributed by atoms with E-state index in [2.05, 4.69) is 0 Å². The highest BCUT2D eigenvalue weighted by Crippen LogP contribution is 2.24. The molecule has 0 amide bonds. The molecule has 0 saturated carbocycles. The van der Waals surface area contributed by atoms with Crippen molar-refractivity contribution < 1.29 is 10.2 Å². The monoisotopic (exact) mass is 185 g/mol. The first-order valence-electron chi connectivity index (χ1n) is 4.32. The van der Waals surface area contributed by atoms with Gasteiger partial charge in [-0.3, -0.25) is 5.11 Å². The Morgan fingerprint density at radius 3 is 2.21 bits per heavy atom. The van der Waals surface area contributed by atoms with Crippen LogP contribution in [0, 0.1) is 0 Å². The number of phenols is 1. The van der Waals surface area contributed by atoms with Gasteiger partial charge in [0.15, 0.2) is 5.75 Å². The lowest BCUT2D eigenvalue weighted by Crippen LogP contribution is -1.75. The number of aromatic hydroxyl groups is 1. The zero-order chi connectivity index (χ0) is 9.97. The fourth-order valence-corrected chi connectivity index (χ4v) is 1.33. The molecule has 0 atom stereocenters. The van der Waals surface area contributed by atoms with Gasteiger partial charge in [0, 0.05) is 0 Å². The Balaban J connectivity index is 2.44. The first kappa shape index (κ1) is 8.63. The summed E-state index contributed by atoms with van der Waals surface area (Å²) in [5.41, 5.74) is 1.80. The minimum absolute atomic E-state index is 0.00410. The quantitative estimate of drug-likeness (QED) is 0.728. The van der Waals surface area contributed by atoms with Crippen LogP contribution in [0.4, 0.5) is 0 Å². The second kappa shape index (κ2) is 3.42. The summed E-state index contributed by atoms with van der Waals surface area (Å²) in [6.07, 6.45) is 0. The second-order valence-electron chi connectivity index (χ2n) is 3.07. The van der Waals surface area contributed by atoms with Crippen molar-refractivity contribution in [1.29, 1.82) is 0 Å². The van der Waals surface area contributed by atoms with Gasteiger partial charge in [-0.25, -0.2) is 0 Å². The van der Waals surface area contributed by atoms with Crippen LogP contribution in [0.3, 0.4) is 0 Å². The third-order valence-corrected chi connectivity index (χ3v) is 2.03. The molecule has 0 spiro atoms. The molecule has 0 fully saturated rings. The van der Waals surface area contributed by atoms with Crippen molar-refractivity contribution in [2.45, 2.75) is 0 Å². The normalized spacial score (nSPS) is 10.0. The third-order valence-electron chi connectivity index (χ3n) is 2.03. The zero-order valence-corrected chi connectivity index (χ0v) is 7.47. The maximum atomic E-state index is 11.1. The molecule has 2 nitrogen and oxygen atoms in total. The van der Waals surface area contributed by atoms with Crippen molar-refractivity contribution in [2.24, 2.45) is 0 Å². The van der Waals surface area contributed by atoms with Crippen LogP contribution in [0.2, 0.25) is 0 Å². The number of hydrogen-bond donors (Lipinski definition) is 1. The molecule has 1 N–H and O–H groups in total. The van der Waals surface area contributed by atoms with Crippen molar-refractivity contribution in [2.75, 3.05) is 0 Å². The number of benzene rings is 2. The van der Waals surface area contributed by atoms with E-state index in [1.54, 1.807) is 36.4 Å². The molecule has 0 aromatic heterocycles. The van der Waals surface area contributed by atoms with Crippen LogP contribution in [0.15, 0.2) is 48.5 Å². The minimum atomic E-state index is -0.00410. The molecule has 2 rings (SSSR count). The van der Waals surface area contributed by atoms with Gasteiger partial charge in [-0.15, -0.1) is 0 Å². The highest BCUT2D eigenvalue weighted by atomic mass is 16.3. The maximum absolute atomic E-state index is 11.1. The molecule has 0 saturated heterocycles. The van der Waals surface area contributed by atoms with E-state index in [1.807, 2.05) is 6.07 Å². The van der Waals surface area contributed by atoms with E-state index in [0.717, 1.165) is 11.1 Å². The first-order valence-corrected chi connectivity index (χ1v) is 4.32. The fraction of sp³-hybridized carbons (Fsp3) is 0. The standard InChI is InChI=1S/C12H9O2/c13-11-6-4-9(5-7-11)10-2-1-3-12(14)8-10/h1-8,13H. The Hall–Kier alpha value is -1.96. The summed E-state index contributed by atoms with van der Waals surface area (Å²) in [7, 11) is 0. The van der Waals surface area contributed by atoms with Crippen LogP contribution in [0.25, 0.3) is 11.1 Å². The lowest BCUT2D eigenvalue weighted by Gasteiger charge is -2.00. The van der Waals surface area contributed by atoms with E-state index in [-0.39, 0.29) is 11.5 Å². The molecule has 2 aromatic rings. The number of hydrogen-bond acceptors (Lipinski definition) is 1. The predicted molar refractivity (Wildman–Crippen MR) is 53.7 cm³/mol. The Bertz CT molecular complexity index is 432. The summed E-state index contributed by atoms with van der Waals surface area (Å²) >= 11 is 0. The summed E-state index contributed by atoms with van der Waals surface area (Å²) < 4.78 is 0. The van der Waals surface area contributed by atoms with E-state index in [0.29, 0.717) is 0 Å². The van der Waals surface area contributed by atoms with Crippen molar-refractivity contribution in [3.05, 3.63) is 48.5 Å². The van der Waals surface area contributed by atoms with Crippen molar-refractivity contribution in [3.63, 3.8) is 0 Å². The van der Waals surface area contributed by atoms with E-state index < -0.39 is 0 Å². The Kier molecular flexibility index (Phi) is 2.11. The van der Waals surface area contributed by atoms with Crippen LogP contribution in [0.1, 0.15) is 0 Å². The van der Waals surface area contributed by atoms with Gasteiger partial charge in [0.1, 0.15) is 5.75 Å². The van der Waals surface area contributed by atoms with E-state index in [1.165, 1.54) is 6.07 Å². The van der Waals surface area contributed by atoms with Gasteiger partial charge in [0.05, 0.1) is 0 Å². The third kappa shape index (κ3) is 1.69. The van der Waals surface area contributed by atoms with Gasteiger partial charge in [0.2, 0.25) is 0 Å². The summed E-state index contributed by atoms with van der Waals surface area (Å²) in [6.45, 7) is 0. The van der Waals surface area contributed by atoms with Crippen molar-refractivity contribution >= 4 is 0 Å². The van der Waals surface area contributed by atoms with Gasteiger partial charge in [-0.1, -0.05) is 24.3 Å². The first-order chi connectivity index (χ1) is 6.75. The summed E-state index contributed by atoms with van der Waals surface area (Å²) in [6, 6.07) is 13.5. The van der Waals surface area contributed by atoms with Gasteiger partial charge < -0.3 is 5.11 Å². The van der Waals surface area contributed by atoms with E-state index in [9.17, 15) is 5.11 Å². The Morgan fingerprint density at radius 2 is 1.57 bits per heavy atom.